The van der Waals surface area contributed by atoms with Crippen molar-refractivity contribution in [3.63, 3.8) is 0 Å². The molecule has 2 aromatic carbocycles. The van der Waals surface area contributed by atoms with Crippen molar-refractivity contribution in [3.8, 4) is 22.5 Å². The second kappa shape index (κ2) is 10.5. The molecule has 2 saturated heterocycles. The number of H-pyrrole nitrogens is 1. The SMILES string of the molecule is CC(C)(C)OC(=O)N1CC2(CCN(CCc3ccc(-c4cc5c(-c6cc(F)cc(F)c6)ncnc5[nH]4)cc3)CC2)C1. The lowest BCUT2D eigenvalue weighted by molar-refractivity contribution is -0.0590. The summed E-state index contributed by atoms with van der Waals surface area (Å²) in [4.78, 5) is 28.6. The van der Waals surface area contributed by atoms with Gasteiger partial charge in [-0.25, -0.2) is 23.5 Å². The largest absolute Gasteiger partial charge is 0.444 e. The second-order valence-electron chi connectivity index (χ2n) is 12.5. The standard InChI is InChI=1S/C32H35F2N5O2/c1-31(2,3)41-30(40)39-18-32(19-39)9-12-38(13-10-32)11-8-21-4-6-22(7-5-21)27-17-26-28(35-20-36-29(26)37-27)23-14-24(33)16-25(34)15-23/h4-7,14-17,20H,8-13,18-19H2,1-3H3,(H,35,36,37). The molecule has 4 heterocycles. The second-order valence-corrected chi connectivity index (χ2v) is 12.5. The molecule has 2 aromatic heterocycles. The molecule has 2 aliphatic heterocycles. The fourth-order valence-electron chi connectivity index (χ4n) is 5.94. The zero-order valence-corrected chi connectivity index (χ0v) is 23.7. The Morgan fingerprint density at radius 2 is 1.66 bits per heavy atom. The molecule has 0 saturated carbocycles. The number of benzene rings is 2. The van der Waals surface area contributed by atoms with E-state index in [0.29, 0.717) is 22.3 Å². The van der Waals surface area contributed by atoms with Gasteiger partial charge < -0.3 is 19.5 Å². The molecule has 214 valence electrons. The number of carbonyl (C=O) groups excluding carboxylic acids is 1. The molecular formula is C32H35F2N5O2. The molecular weight excluding hydrogens is 524 g/mol. The van der Waals surface area contributed by atoms with Crippen molar-refractivity contribution in [1.29, 1.82) is 0 Å². The Morgan fingerprint density at radius 3 is 2.32 bits per heavy atom. The van der Waals surface area contributed by atoms with Crippen LogP contribution in [0.2, 0.25) is 0 Å². The Balaban J connectivity index is 1.04. The van der Waals surface area contributed by atoms with Crippen LogP contribution in [-0.2, 0) is 11.2 Å². The number of amides is 1. The lowest BCUT2D eigenvalue weighted by Gasteiger charge is -2.53. The maximum atomic E-state index is 13.8. The van der Waals surface area contributed by atoms with E-state index < -0.39 is 17.2 Å². The van der Waals surface area contributed by atoms with Crippen molar-refractivity contribution >= 4 is 17.1 Å². The number of fused-ring (bicyclic) bond motifs is 1. The minimum atomic E-state index is -0.643. The van der Waals surface area contributed by atoms with Gasteiger partial charge in [-0.1, -0.05) is 24.3 Å². The van der Waals surface area contributed by atoms with Crippen LogP contribution in [0, 0.1) is 17.0 Å². The van der Waals surface area contributed by atoms with E-state index in [4.69, 9.17) is 4.74 Å². The monoisotopic (exact) mass is 559 g/mol. The summed E-state index contributed by atoms with van der Waals surface area (Å²) in [5, 5.41) is 0.708. The molecule has 41 heavy (non-hydrogen) atoms. The summed E-state index contributed by atoms with van der Waals surface area (Å²) in [5.74, 6) is -1.29. The van der Waals surface area contributed by atoms with Gasteiger partial charge >= 0.3 is 6.09 Å². The number of hydrogen-bond donors (Lipinski definition) is 1. The first-order chi connectivity index (χ1) is 19.6. The van der Waals surface area contributed by atoms with Gasteiger partial charge in [0.15, 0.2) is 0 Å². The van der Waals surface area contributed by atoms with Crippen LogP contribution in [0.1, 0.15) is 39.2 Å². The minimum absolute atomic E-state index is 0.197. The van der Waals surface area contributed by atoms with E-state index in [2.05, 4.69) is 44.1 Å². The van der Waals surface area contributed by atoms with Gasteiger partial charge in [-0.05, 0) is 82.4 Å². The van der Waals surface area contributed by atoms with E-state index in [0.717, 1.165) is 69.3 Å². The highest BCUT2D eigenvalue weighted by atomic mass is 19.1. The van der Waals surface area contributed by atoms with Crippen molar-refractivity contribution in [3.05, 3.63) is 72.1 Å². The molecule has 9 heteroatoms. The Labute approximate surface area is 238 Å². The number of piperidine rings is 1. The lowest BCUT2D eigenvalue weighted by Crippen LogP contribution is -2.62. The molecule has 0 atom stereocenters. The molecule has 1 N–H and O–H groups in total. The van der Waals surface area contributed by atoms with Crippen LogP contribution in [-0.4, -0.2) is 69.2 Å². The lowest BCUT2D eigenvalue weighted by atomic mass is 9.72. The number of hydrogen-bond acceptors (Lipinski definition) is 5. The molecule has 7 nitrogen and oxygen atoms in total. The third kappa shape index (κ3) is 5.95. The normalized spacial score (nSPS) is 17.1. The summed E-state index contributed by atoms with van der Waals surface area (Å²) in [6.07, 6.45) is 4.38. The number of likely N-dealkylation sites (tertiary alicyclic amines) is 2. The molecule has 1 amide bonds. The summed E-state index contributed by atoms with van der Waals surface area (Å²) in [5.41, 5.74) is 4.40. The van der Waals surface area contributed by atoms with E-state index >= 15 is 0 Å². The van der Waals surface area contributed by atoms with Crippen LogP contribution in [0.4, 0.5) is 13.6 Å². The van der Waals surface area contributed by atoms with Gasteiger partial charge in [0.1, 0.15) is 29.2 Å². The van der Waals surface area contributed by atoms with Crippen LogP contribution in [0.3, 0.4) is 0 Å². The van der Waals surface area contributed by atoms with Gasteiger partial charge in [0.05, 0.1) is 5.69 Å². The Hall–Kier alpha value is -3.85. The summed E-state index contributed by atoms with van der Waals surface area (Å²) in [6.45, 7) is 10.4. The number of ether oxygens (including phenoxy) is 1. The first kappa shape index (κ1) is 27.3. The Bertz CT molecular complexity index is 1540. The molecule has 2 fully saturated rings. The van der Waals surface area contributed by atoms with Crippen molar-refractivity contribution in [2.75, 3.05) is 32.7 Å². The summed E-state index contributed by atoms with van der Waals surface area (Å²) in [6, 6.07) is 13.8. The fraction of sp³-hybridized carbons (Fsp3) is 0.406. The highest BCUT2D eigenvalue weighted by Crippen LogP contribution is 2.41. The number of rotatable bonds is 5. The van der Waals surface area contributed by atoms with E-state index in [1.807, 2.05) is 31.7 Å². The number of aromatic amines is 1. The molecule has 0 unspecified atom stereocenters. The molecule has 0 bridgehead atoms. The zero-order chi connectivity index (χ0) is 28.8. The van der Waals surface area contributed by atoms with Gasteiger partial charge in [0, 0.05) is 47.8 Å². The predicted molar refractivity (Wildman–Crippen MR) is 154 cm³/mol. The van der Waals surface area contributed by atoms with E-state index in [9.17, 15) is 13.6 Å². The predicted octanol–water partition coefficient (Wildman–Crippen LogP) is 6.45. The fourth-order valence-corrected chi connectivity index (χ4v) is 5.94. The van der Waals surface area contributed by atoms with Crippen LogP contribution in [0.5, 0.6) is 0 Å². The van der Waals surface area contributed by atoms with Crippen LogP contribution in [0.25, 0.3) is 33.5 Å². The van der Waals surface area contributed by atoms with Crippen molar-refractivity contribution in [1.82, 2.24) is 24.8 Å². The van der Waals surface area contributed by atoms with E-state index in [-0.39, 0.29) is 11.5 Å². The zero-order valence-electron chi connectivity index (χ0n) is 23.7. The molecule has 0 aliphatic carbocycles. The van der Waals surface area contributed by atoms with Crippen LogP contribution in [0.15, 0.2) is 54.9 Å². The minimum Gasteiger partial charge on any atom is -0.444 e. The topological polar surface area (TPSA) is 74.3 Å². The molecule has 4 aromatic rings. The van der Waals surface area contributed by atoms with Crippen LogP contribution >= 0.6 is 0 Å². The highest BCUT2D eigenvalue weighted by molar-refractivity contribution is 5.94. The third-order valence-corrected chi connectivity index (χ3v) is 8.16. The Kier molecular flexibility index (Phi) is 7.01. The third-order valence-electron chi connectivity index (χ3n) is 8.16. The van der Waals surface area contributed by atoms with E-state index in [1.54, 1.807) is 0 Å². The number of carbonyl (C=O) groups is 1. The van der Waals surface area contributed by atoms with E-state index in [1.165, 1.54) is 24.0 Å². The van der Waals surface area contributed by atoms with Crippen molar-refractivity contribution in [2.45, 2.75) is 45.6 Å². The number of nitrogens with one attached hydrogen (secondary N) is 1. The van der Waals surface area contributed by atoms with Gasteiger partial charge in [-0.15, -0.1) is 0 Å². The van der Waals surface area contributed by atoms with Gasteiger partial charge in [0.25, 0.3) is 0 Å². The number of nitrogens with zero attached hydrogens (tertiary/aromatic N) is 4. The summed E-state index contributed by atoms with van der Waals surface area (Å²) < 4.78 is 33.2. The van der Waals surface area contributed by atoms with Crippen molar-refractivity contribution in [2.24, 2.45) is 5.41 Å². The van der Waals surface area contributed by atoms with Gasteiger partial charge in [-0.2, -0.15) is 0 Å². The maximum absolute atomic E-state index is 13.8. The summed E-state index contributed by atoms with van der Waals surface area (Å²) >= 11 is 0. The number of halogens is 2. The highest BCUT2D eigenvalue weighted by Gasteiger charge is 2.47. The number of aromatic nitrogens is 3. The summed E-state index contributed by atoms with van der Waals surface area (Å²) in [7, 11) is 0. The molecule has 6 rings (SSSR count). The van der Waals surface area contributed by atoms with Crippen LogP contribution < -0.4 is 0 Å². The molecule has 1 spiro atoms. The maximum Gasteiger partial charge on any atom is 0.410 e. The quantitative estimate of drug-likeness (QED) is 0.304. The van der Waals surface area contributed by atoms with Crippen molar-refractivity contribution < 1.29 is 18.3 Å². The van der Waals surface area contributed by atoms with Gasteiger partial charge in [-0.3, -0.25) is 0 Å². The molecule has 2 aliphatic rings. The average molecular weight is 560 g/mol. The first-order valence-corrected chi connectivity index (χ1v) is 14.2. The average Bonchev–Trinajstić information content (AvgIpc) is 3.34. The smallest absolute Gasteiger partial charge is 0.410 e. The Morgan fingerprint density at radius 1 is 0.976 bits per heavy atom. The first-order valence-electron chi connectivity index (χ1n) is 14.2. The van der Waals surface area contributed by atoms with Gasteiger partial charge in [0.2, 0.25) is 0 Å². The molecule has 0 radical (unpaired) electrons.